The molecule has 4 aromatic rings. The number of anilines is 1. The zero-order valence-corrected chi connectivity index (χ0v) is 17.6. The number of fused-ring (bicyclic) bond motifs is 1. The summed E-state index contributed by atoms with van der Waals surface area (Å²) in [5.74, 6) is 0.863. The van der Waals surface area contributed by atoms with Gasteiger partial charge in [0, 0.05) is 17.1 Å². The summed E-state index contributed by atoms with van der Waals surface area (Å²) in [6, 6.07) is 26.3. The molecule has 0 saturated carbocycles. The van der Waals surface area contributed by atoms with Gasteiger partial charge in [0.15, 0.2) is 0 Å². The molecule has 0 bridgehead atoms. The van der Waals surface area contributed by atoms with Gasteiger partial charge in [-0.3, -0.25) is 0 Å². The Labute approximate surface area is 181 Å². The normalized spacial score (nSPS) is 10.9. The molecular formula is C25H21Cl2NO. The van der Waals surface area contributed by atoms with Crippen LogP contribution in [0.15, 0.2) is 78.9 Å². The van der Waals surface area contributed by atoms with Crippen LogP contribution in [-0.4, -0.2) is 0 Å². The minimum Gasteiger partial charge on any atom is -0.489 e. The Morgan fingerprint density at radius 1 is 0.862 bits per heavy atom. The van der Waals surface area contributed by atoms with Crippen molar-refractivity contribution in [1.29, 1.82) is 0 Å². The molecule has 4 aromatic carbocycles. The predicted molar refractivity (Wildman–Crippen MR) is 123 cm³/mol. The Morgan fingerprint density at radius 2 is 1.66 bits per heavy atom. The second kappa shape index (κ2) is 8.77. The molecule has 0 aliphatic carbocycles. The van der Waals surface area contributed by atoms with Gasteiger partial charge in [0.1, 0.15) is 12.4 Å². The second-order valence-corrected chi connectivity index (χ2v) is 7.86. The third-order valence-corrected chi connectivity index (χ3v) is 5.45. The van der Waals surface area contributed by atoms with Gasteiger partial charge in [-0.15, -0.1) is 0 Å². The van der Waals surface area contributed by atoms with E-state index in [2.05, 4.69) is 54.7 Å². The van der Waals surface area contributed by atoms with E-state index in [1.54, 1.807) is 6.07 Å². The van der Waals surface area contributed by atoms with Crippen LogP contribution in [0.2, 0.25) is 10.0 Å². The SMILES string of the molecule is Cc1ccc(COc2ccc3ccccc3c2CNc2ccc(Cl)cc2Cl)cc1. The third-order valence-electron chi connectivity index (χ3n) is 4.90. The first-order valence-corrected chi connectivity index (χ1v) is 10.2. The Hall–Kier alpha value is -2.68. The van der Waals surface area contributed by atoms with Gasteiger partial charge in [0.2, 0.25) is 0 Å². The van der Waals surface area contributed by atoms with Crippen LogP contribution in [0.5, 0.6) is 5.75 Å². The lowest BCUT2D eigenvalue weighted by Gasteiger charge is -2.16. The summed E-state index contributed by atoms with van der Waals surface area (Å²) in [5, 5.41) is 6.97. The molecule has 0 saturated heterocycles. The van der Waals surface area contributed by atoms with Crippen LogP contribution >= 0.6 is 23.2 Å². The van der Waals surface area contributed by atoms with Crippen molar-refractivity contribution in [2.75, 3.05) is 5.32 Å². The van der Waals surface area contributed by atoms with Gasteiger partial charge < -0.3 is 10.1 Å². The van der Waals surface area contributed by atoms with Crippen LogP contribution in [-0.2, 0) is 13.2 Å². The Kier molecular flexibility index (Phi) is 5.94. The molecule has 2 nitrogen and oxygen atoms in total. The molecule has 146 valence electrons. The molecule has 0 fully saturated rings. The molecule has 0 heterocycles. The zero-order valence-electron chi connectivity index (χ0n) is 16.1. The smallest absolute Gasteiger partial charge is 0.125 e. The molecule has 0 aliphatic heterocycles. The van der Waals surface area contributed by atoms with Crippen molar-refractivity contribution in [1.82, 2.24) is 0 Å². The van der Waals surface area contributed by atoms with Crippen LogP contribution in [0.1, 0.15) is 16.7 Å². The number of hydrogen-bond acceptors (Lipinski definition) is 2. The fourth-order valence-electron chi connectivity index (χ4n) is 3.30. The first-order chi connectivity index (χ1) is 14.1. The fourth-order valence-corrected chi connectivity index (χ4v) is 3.77. The number of aryl methyl sites for hydroxylation is 1. The molecule has 4 heteroatoms. The maximum atomic E-state index is 6.33. The predicted octanol–water partition coefficient (Wildman–Crippen LogP) is 7.65. The van der Waals surface area contributed by atoms with Gasteiger partial charge >= 0.3 is 0 Å². The molecule has 0 spiro atoms. The lowest BCUT2D eigenvalue weighted by Crippen LogP contribution is -2.05. The summed E-state index contributed by atoms with van der Waals surface area (Å²) in [6.45, 7) is 3.19. The van der Waals surface area contributed by atoms with Crippen molar-refractivity contribution in [3.63, 3.8) is 0 Å². The van der Waals surface area contributed by atoms with Gasteiger partial charge in [-0.25, -0.2) is 0 Å². The molecular weight excluding hydrogens is 401 g/mol. The minimum absolute atomic E-state index is 0.521. The summed E-state index contributed by atoms with van der Waals surface area (Å²) in [6.07, 6.45) is 0. The van der Waals surface area contributed by atoms with E-state index in [9.17, 15) is 0 Å². The van der Waals surface area contributed by atoms with Crippen LogP contribution in [0.4, 0.5) is 5.69 Å². The monoisotopic (exact) mass is 421 g/mol. The molecule has 0 unspecified atom stereocenters. The average Bonchev–Trinajstić information content (AvgIpc) is 2.73. The van der Waals surface area contributed by atoms with Gasteiger partial charge in [-0.2, -0.15) is 0 Å². The lowest BCUT2D eigenvalue weighted by atomic mass is 10.0. The topological polar surface area (TPSA) is 21.3 Å². The molecule has 0 atom stereocenters. The zero-order chi connectivity index (χ0) is 20.2. The Balaban J connectivity index is 1.62. The molecule has 0 aromatic heterocycles. The van der Waals surface area contributed by atoms with Gasteiger partial charge in [0.25, 0.3) is 0 Å². The van der Waals surface area contributed by atoms with Gasteiger partial charge in [-0.05, 0) is 47.5 Å². The molecule has 0 amide bonds. The van der Waals surface area contributed by atoms with Gasteiger partial charge in [-0.1, -0.05) is 83.4 Å². The number of ether oxygens (including phenoxy) is 1. The summed E-state index contributed by atoms with van der Waals surface area (Å²) in [7, 11) is 0. The van der Waals surface area contributed by atoms with E-state index in [0.717, 1.165) is 28.0 Å². The van der Waals surface area contributed by atoms with Crippen molar-refractivity contribution in [2.24, 2.45) is 0 Å². The highest BCUT2D eigenvalue weighted by atomic mass is 35.5. The van der Waals surface area contributed by atoms with Crippen LogP contribution in [0.25, 0.3) is 10.8 Å². The maximum Gasteiger partial charge on any atom is 0.125 e. The van der Waals surface area contributed by atoms with Crippen molar-refractivity contribution in [3.05, 3.63) is 106 Å². The van der Waals surface area contributed by atoms with E-state index >= 15 is 0 Å². The van der Waals surface area contributed by atoms with Crippen molar-refractivity contribution < 1.29 is 4.74 Å². The summed E-state index contributed by atoms with van der Waals surface area (Å²) >= 11 is 12.3. The highest BCUT2D eigenvalue weighted by Gasteiger charge is 2.10. The molecule has 4 rings (SSSR count). The molecule has 0 aliphatic rings. The number of hydrogen-bond donors (Lipinski definition) is 1. The number of rotatable bonds is 6. The van der Waals surface area contributed by atoms with E-state index in [0.29, 0.717) is 23.2 Å². The molecule has 0 radical (unpaired) electrons. The maximum absolute atomic E-state index is 6.33. The van der Waals surface area contributed by atoms with Crippen LogP contribution in [0.3, 0.4) is 0 Å². The van der Waals surface area contributed by atoms with E-state index < -0.39 is 0 Å². The average molecular weight is 422 g/mol. The van der Waals surface area contributed by atoms with Crippen LogP contribution in [0, 0.1) is 6.92 Å². The molecule has 29 heavy (non-hydrogen) atoms. The van der Waals surface area contributed by atoms with Crippen molar-refractivity contribution in [3.8, 4) is 5.75 Å². The Bertz CT molecular complexity index is 1140. The van der Waals surface area contributed by atoms with E-state index in [-0.39, 0.29) is 0 Å². The third kappa shape index (κ3) is 4.67. The standard InChI is InChI=1S/C25H21Cl2NO/c1-17-6-8-18(9-7-17)16-29-25-13-10-19-4-2-3-5-21(19)22(25)15-28-24-12-11-20(26)14-23(24)27/h2-14,28H,15-16H2,1H3. The molecule has 1 N–H and O–H groups in total. The summed E-state index contributed by atoms with van der Waals surface area (Å²) < 4.78 is 6.21. The Morgan fingerprint density at radius 3 is 2.45 bits per heavy atom. The number of benzene rings is 4. The summed E-state index contributed by atoms with van der Waals surface area (Å²) in [5.41, 5.74) is 4.32. The highest BCUT2D eigenvalue weighted by molar-refractivity contribution is 6.36. The van der Waals surface area contributed by atoms with Crippen molar-refractivity contribution in [2.45, 2.75) is 20.1 Å². The lowest BCUT2D eigenvalue weighted by molar-refractivity contribution is 0.304. The second-order valence-electron chi connectivity index (χ2n) is 7.02. The quantitative estimate of drug-likeness (QED) is 0.345. The van der Waals surface area contributed by atoms with Crippen molar-refractivity contribution >= 4 is 39.7 Å². The first-order valence-electron chi connectivity index (χ1n) is 9.48. The first kappa shape index (κ1) is 19.6. The highest BCUT2D eigenvalue weighted by Crippen LogP contribution is 2.31. The van der Waals surface area contributed by atoms with Crippen LogP contribution < -0.4 is 10.1 Å². The van der Waals surface area contributed by atoms with E-state index in [1.165, 1.54) is 10.9 Å². The fraction of sp³-hybridized carbons (Fsp3) is 0.120. The number of nitrogens with one attached hydrogen (secondary N) is 1. The van der Waals surface area contributed by atoms with Gasteiger partial charge in [0.05, 0.1) is 10.7 Å². The largest absolute Gasteiger partial charge is 0.489 e. The summed E-state index contributed by atoms with van der Waals surface area (Å²) in [4.78, 5) is 0. The van der Waals surface area contributed by atoms with E-state index in [1.807, 2.05) is 30.3 Å². The minimum atomic E-state index is 0.521. The number of halogens is 2. The van der Waals surface area contributed by atoms with E-state index in [4.69, 9.17) is 27.9 Å².